The van der Waals surface area contributed by atoms with Crippen LogP contribution in [0.4, 0.5) is 0 Å². The first kappa shape index (κ1) is 17.6. The van der Waals surface area contributed by atoms with Crippen molar-refractivity contribution in [3.8, 4) is 12.8 Å². The Kier molecular flexibility index (Phi) is 9.85. The predicted octanol–water partition coefficient (Wildman–Crippen LogP) is 5.37. The first-order chi connectivity index (χ1) is 7.79. The van der Waals surface area contributed by atoms with Crippen LogP contribution in [0, 0.1) is 26.7 Å². The Morgan fingerprint density at radius 1 is 0.824 bits per heavy atom. The largest absolute Gasteiger partial charge is 0.124 e. The minimum absolute atomic E-state index is 0. The third-order valence-electron chi connectivity index (χ3n) is 2.47. The van der Waals surface area contributed by atoms with E-state index in [0.717, 1.165) is 0 Å². The second-order valence-corrected chi connectivity index (χ2v) is 3.23. The Balaban J connectivity index is 0. The van der Waals surface area contributed by atoms with E-state index in [1.807, 2.05) is 13.8 Å². The maximum absolute atomic E-state index is 4.00. The van der Waals surface area contributed by atoms with Crippen molar-refractivity contribution < 1.29 is 0 Å². The number of rotatable bonds is 0. The summed E-state index contributed by atoms with van der Waals surface area (Å²) in [5.74, 6) is 0. The maximum atomic E-state index is 4.00. The molecule has 0 saturated carbocycles. The molecule has 0 heterocycles. The lowest BCUT2D eigenvalue weighted by Gasteiger charge is -2.04. The molecule has 0 saturated heterocycles. The van der Waals surface area contributed by atoms with Crippen molar-refractivity contribution in [2.75, 3.05) is 0 Å². The van der Waals surface area contributed by atoms with E-state index in [0.29, 0.717) is 0 Å². The molecule has 2 rings (SSSR count). The molecule has 0 fully saturated rings. The fourth-order valence-electron chi connectivity index (χ4n) is 1.54. The quantitative estimate of drug-likeness (QED) is 0.532. The lowest BCUT2D eigenvalue weighted by atomic mass is 10.0. The Morgan fingerprint density at radius 3 is 1.94 bits per heavy atom. The molecule has 0 bridgehead atoms. The van der Waals surface area contributed by atoms with E-state index >= 15 is 0 Å². The van der Waals surface area contributed by atoms with Crippen molar-refractivity contribution in [2.24, 2.45) is 0 Å². The van der Waals surface area contributed by atoms with Gasteiger partial charge in [-0.15, -0.1) is 12.8 Å². The standard InChI is InChI=1S/C12H12.C2H6.C2H2.CH4/c1-9-7-8-11-5-3-4-6-12(11)10(9)2;2*1-2;/h3-8H,1-2H3;1-2H3;1-2H;1H4. The fourth-order valence-corrected chi connectivity index (χ4v) is 1.54. The average molecular weight is 228 g/mol. The van der Waals surface area contributed by atoms with Gasteiger partial charge < -0.3 is 0 Å². The second kappa shape index (κ2) is 9.48. The van der Waals surface area contributed by atoms with Crippen LogP contribution < -0.4 is 0 Å². The van der Waals surface area contributed by atoms with Crippen molar-refractivity contribution in [1.29, 1.82) is 0 Å². The summed E-state index contributed by atoms with van der Waals surface area (Å²) in [7, 11) is 0. The number of benzene rings is 2. The molecule has 0 spiro atoms. The molecular formula is C17H24. The van der Waals surface area contributed by atoms with Crippen molar-refractivity contribution >= 4 is 10.8 Å². The van der Waals surface area contributed by atoms with E-state index in [9.17, 15) is 0 Å². The number of hydrogen-bond donors (Lipinski definition) is 0. The van der Waals surface area contributed by atoms with Crippen LogP contribution in [0.5, 0.6) is 0 Å². The molecule has 0 aliphatic heterocycles. The number of fused-ring (bicyclic) bond motifs is 1. The van der Waals surface area contributed by atoms with Gasteiger partial charge in [0.25, 0.3) is 0 Å². The van der Waals surface area contributed by atoms with Crippen molar-refractivity contribution in [1.82, 2.24) is 0 Å². The van der Waals surface area contributed by atoms with Gasteiger partial charge >= 0.3 is 0 Å². The SMILES string of the molecule is C.C#C.CC.Cc1ccc2ccccc2c1C. The van der Waals surface area contributed by atoms with Gasteiger partial charge in [0.05, 0.1) is 0 Å². The monoisotopic (exact) mass is 228 g/mol. The van der Waals surface area contributed by atoms with Crippen molar-refractivity contribution in [3.05, 3.63) is 47.5 Å². The summed E-state index contributed by atoms with van der Waals surface area (Å²) in [6.07, 6.45) is 8.00. The van der Waals surface area contributed by atoms with E-state index in [4.69, 9.17) is 0 Å². The summed E-state index contributed by atoms with van der Waals surface area (Å²) >= 11 is 0. The van der Waals surface area contributed by atoms with Crippen LogP contribution in [-0.4, -0.2) is 0 Å². The van der Waals surface area contributed by atoms with Gasteiger partial charge in [-0.2, -0.15) is 0 Å². The topological polar surface area (TPSA) is 0 Å². The lowest BCUT2D eigenvalue weighted by molar-refractivity contribution is 1.38. The maximum Gasteiger partial charge on any atom is -0.0152 e. The highest BCUT2D eigenvalue weighted by Crippen LogP contribution is 2.20. The lowest BCUT2D eigenvalue weighted by Crippen LogP contribution is -1.82. The second-order valence-electron chi connectivity index (χ2n) is 3.23. The van der Waals surface area contributed by atoms with E-state index in [-0.39, 0.29) is 7.43 Å². The van der Waals surface area contributed by atoms with Crippen LogP contribution in [0.25, 0.3) is 10.8 Å². The minimum atomic E-state index is 0. The fraction of sp³-hybridized carbons (Fsp3) is 0.294. The molecule has 17 heavy (non-hydrogen) atoms. The van der Waals surface area contributed by atoms with Crippen molar-refractivity contribution in [3.63, 3.8) is 0 Å². The smallest absolute Gasteiger partial charge is 0.0152 e. The minimum Gasteiger partial charge on any atom is -0.124 e. The molecule has 92 valence electrons. The van der Waals surface area contributed by atoms with Crippen LogP contribution in [0.2, 0.25) is 0 Å². The zero-order chi connectivity index (χ0) is 12.6. The first-order valence-corrected chi connectivity index (χ1v) is 5.57. The van der Waals surface area contributed by atoms with E-state index in [1.165, 1.54) is 21.9 Å². The third-order valence-corrected chi connectivity index (χ3v) is 2.47. The number of hydrogen-bond acceptors (Lipinski definition) is 0. The van der Waals surface area contributed by atoms with E-state index in [1.54, 1.807) is 0 Å². The molecule has 0 nitrogen and oxygen atoms in total. The van der Waals surface area contributed by atoms with Gasteiger partial charge in [0.1, 0.15) is 0 Å². The van der Waals surface area contributed by atoms with Gasteiger partial charge in [-0.3, -0.25) is 0 Å². The molecule has 0 heteroatoms. The summed E-state index contributed by atoms with van der Waals surface area (Å²) in [5.41, 5.74) is 2.77. The van der Waals surface area contributed by atoms with Crippen LogP contribution in [0.1, 0.15) is 32.4 Å². The van der Waals surface area contributed by atoms with Gasteiger partial charge in [-0.05, 0) is 35.7 Å². The Bertz CT molecular complexity index is 450. The highest BCUT2D eigenvalue weighted by molar-refractivity contribution is 5.86. The molecule has 0 atom stereocenters. The van der Waals surface area contributed by atoms with Gasteiger partial charge in [0, 0.05) is 0 Å². The Hall–Kier alpha value is -1.74. The Morgan fingerprint density at radius 2 is 1.35 bits per heavy atom. The van der Waals surface area contributed by atoms with Crippen LogP contribution in [0.3, 0.4) is 0 Å². The molecule has 2 aromatic rings. The summed E-state index contributed by atoms with van der Waals surface area (Å²) in [4.78, 5) is 0. The molecule has 0 radical (unpaired) electrons. The van der Waals surface area contributed by atoms with Gasteiger partial charge in [0.15, 0.2) is 0 Å². The molecule has 0 N–H and O–H groups in total. The van der Waals surface area contributed by atoms with E-state index < -0.39 is 0 Å². The van der Waals surface area contributed by atoms with Gasteiger partial charge in [-0.25, -0.2) is 0 Å². The van der Waals surface area contributed by atoms with Crippen LogP contribution >= 0.6 is 0 Å². The molecular weight excluding hydrogens is 204 g/mol. The highest BCUT2D eigenvalue weighted by atomic mass is 14.0. The molecule has 0 aliphatic rings. The molecule has 0 aromatic heterocycles. The first-order valence-electron chi connectivity index (χ1n) is 5.57. The number of terminal acetylenes is 1. The third kappa shape index (κ3) is 4.33. The summed E-state index contributed by atoms with van der Waals surface area (Å²) in [6.45, 7) is 8.33. The van der Waals surface area contributed by atoms with Gasteiger partial charge in [-0.1, -0.05) is 57.7 Å². The predicted molar refractivity (Wildman–Crippen MR) is 81.4 cm³/mol. The number of aryl methyl sites for hydroxylation is 2. The zero-order valence-corrected chi connectivity index (χ0v) is 10.6. The van der Waals surface area contributed by atoms with Gasteiger partial charge in [0.2, 0.25) is 0 Å². The highest BCUT2D eigenvalue weighted by Gasteiger charge is 1.97. The van der Waals surface area contributed by atoms with E-state index in [2.05, 4.69) is 63.1 Å². The molecule has 0 amide bonds. The molecule has 0 unspecified atom stereocenters. The summed E-state index contributed by atoms with van der Waals surface area (Å²) in [5, 5.41) is 2.71. The zero-order valence-electron chi connectivity index (χ0n) is 10.6. The summed E-state index contributed by atoms with van der Waals surface area (Å²) in [6, 6.07) is 12.9. The van der Waals surface area contributed by atoms with Crippen LogP contribution in [0.15, 0.2) is 36.4 Å². The summed E-state index contributed by atoms with van der Waals surface area (Å²) < 4.78 is 0. The Labute approximate surface area is 107 Å². The normalized spacial score (nSPS) is 7.88. The molecule has 2 aromatic carbocycles. The molecule has 0 aliphatic carbocycles. The van der Waals surface area contributed by atoms with Crippen LogP contribution in [-0.2, 0) is 0 Å². The average Bonchev–Trinajstić information content (AvgIpc) is 2.39. The van der Waals surface area contributed by atoms with Crippen molar-refractivity contribution in [2.45, 2.75) is 35.1 Å².